The van der Waals surface area contributed by atoms with Crippen LogP contribution in [0.4, 0.5) is 4.79 Å². The molecule has 0 radical (unpaired) electrons. The number of urea groups is 1. The molecule has 0 aromatic heterocycles. The smallest absolute Gasteiger partial charge is 0.329 e. The highest BCUT2D eigenvalue weighted by molar-refractivity contribution is 5.85. The lowest BCUT2D eigenvalue weighted by molar-refractivity contribution is -0.143. The van der Waals surface area contributed by atoms with Crippen molar-refractivity contribution in [1.82, 2.24) is 10.2 Å². The number of hydrogen-bond acceptors (Lipinski definition) is 2. The molecular weight excluding hydrogens is 256 g/mol. The molecule has 1 aromatic carbocycles. The number of aliphatic carboxylic acids is 1. The number of hydrogen-bond donors (Lipinski definition) is 2. The van der Waals surface area contributed by atoms with Gasteiger partial charge in [0.25, 0.3) is 0 Å². The van der Waals surface area contributed by atoms with E-state index >= 15 is 0 Å². The number of likely N-dealkylation sites (N-methyl/N-ethyl adjacent to an activating group) is 1. The predicted octanol–water partition coefficient (Wildman–Crippen LogP) is 2.12. The van der Waals surface area contributed by atoms with Gasteiger partial charge in [-0.2, -0.15) is 0 Å². The Kier molecular flexibility index (Phi) is 5.55. The molecule has 1 aromatic rings. The first-order valence-electron chi connectivity index (χ1n) is 6.69. The van der Waals surface area contributed by atoms with Gasteiger partial charge in [0.15, 0.2) is 0 Å². The monoisotopic (exact) mass is 278 g/mol. The van der Waals surface area contributed by atoms with Crippen molar-refractivity contribution in [2.45, 2.75) is 32.2 Å². The average Bonchev–Trinajstić information content (AvgIpc) is 2.45. The Labute approximate surface area is 119 Å². The minimum absolute atomic E-state index is 0.334. The number of carboxylic acids is 1. The van der Waals surface area contributed by atoms with Crippen molar-refractivity contribution in [3.8, 4) is 0 Å². The number of nitrogens with zero attached hydrogens (tertiary/aromatic N) is 1. The van der Waals surface area contributed by atoms with Crippen LogP contribution in [0.3, 0.4) is 0 Å². The molecule has 1 rings (SSSR count). The van der Waals surface area contributed by atoms with Crippen LogP contribution in [0.25, 0.3) is 0 Å². The Morgan fingerprint density at radius 2 is 1.90 bits per heavy atom. The van der Waals surface area contributed by atoms with E-state index < -0.39 is 11.5 Å². The predicted molar refractivity (Wildman–Crippen MR) is 77.6 cm³/mol. The van der Waals surface area contributed by atoms with Crippen molar-refractivity contribution in [2.24, 2.45) is 0 Å². The summed E-state index contributed by atoms with van der Waals surface area (Å²) >= 11 is 0. The molecular formula is C15H22N2O3. The number of amides is 2. The fourth-order valence-corrected chi connectivity index (χ4v) is 1.67. The summed E-state index contributed by atoms with van der Waals surface area (Å²) in [5.41, 5.74) is -0.0819. The number of carbonyl (C=O) groups excluding carboxylic acids is 1. The average molecular weight is 278 g/mol. The lowest BCUT2D eigenvalue weighted by Gasteiger charge is -2.28. The minimum Gasteiger partial charge on any atom is -0.480 e. The standard InChI is InChI=1S/C15H22N2O3/c1-4-15(2,13(18)19)16-14(20)17(3)11-10-12-8-6-5-7-9-12/h5-9H,4,10-11H2,1-3H3,(H,16,20)(H,18,19). The summed E-state index contributed by atoms with van der Waals surface area (Å²) in [6, 6.07) is 9.48. The third-order valence-corrected chi connectivity index (χ3v) is 3.49. The van der Waals surface area contributed by atoms with Crippen molar-refractivity contribution in [2.75, 3.05) is 13.6 Å². The third-order valence-electron chi connectivity index (χ3n) is 3.49. The summed E-state index contributed by atoms with van der Waals surface area (Å²) in [7, 11) is 1.66. The molecule has 0 bridgehead atoms. The number of benzene rings is 1. The molecule has 0 fully saturated rings. The van der Waals surface area contributed by atoms with Crippen molar-refractivity contribution < 1.29 is 14.7 Å². The fraction of sp³-hybridized carbons (Fsp3) is 0.467. The second kappa shape index (κ2) is 6.93. The zero-order valence-corrected chi connectivity index (χ0v) is 12.2. The molecule has 0 saturated carbocycles. The Hall–Kier alpha value is -2.04. The van der Waals surface area contributed by atoms with E-state index in [4.69, 9.17) is 5.11 Å². The lowest BCUT2D eigenvalue weighted by Crippen LogP contribution is -2.55. The Balaban J connectivity index is 2.53. The molecule has 2 N–H and O–H groups in total. The van der Waals surface area contributed by atoms with Gasteiger partial charge < -0.3 is 15.3 Å². The van der Waals surface area contributed by atoms with Crippen molar-refractivity contribution >= 4 is 12.0 Å². The van der Waals surface area contributed by atoms with Crippen LogP contribution in [0, 0.1) is 0 Å². The van der Waals surface area contributed by atoms with E-state index in [2.05, 4.69) is 5.32 Å². The van der Waals surface area contributed by atoms with Gasteiger partial charge in [0, 0.05) is 13.6 Å². The highest BCUT2D eigenvalue weighted by Gasteiger charge is 2.33. The molecule has 0 aliphatic rings. The van der Waals surface area contributed by atoms with Crippen molar-refractivity contribution in [1.29, 1.82) is 0 Å². The number of carboxylic acid groups (broad SMARTS) is 1. The summed E-state index contributed by atoms with van der Waals surface area (Å²) in [5.74, 6) is -1.02. The molecule has 1 unspecified atom stereocenters. The molecule has 0 saturated heterocycles. The van der Waals surface area contributed by atoms with Gasteiger partial charge >= 0.3 is 12.0 Å². The molecule has 5 nitrogen and oxygen atoms in total. The van der Waals surface area contributed by atoms with Gasteiger partial charge in [-0.05, 0) is 25.3 Å². The highest BCUT2D eigenvalue weighted by atomic mass is 16.4. The maximum atomic E-state index is 12.0. The van der Waals surface area contributed by atoms with Gasteiger partial charge in [-0.3, -0.25) is 0 Å². The molecule has 110 valence electrons. The van der Waals surface area contributed by atoms with E-state index in [0.717, 1.165) is 12.0 Å². The van der Waals surface area contributed by atoms with Gasteiger partial charge in [-0.15, -0.1) is 0 Å². The maximum Gasteiger partial charge on any atom is 0.329 e. The van der Waals surface area contributed by atoms with Crippen LogP contribution < -0.4 is 5.32 Å². The number of rotatable bonds is 6. The van der Waals surface area contributed by atoms with E-state index in [1.165, 1.54) is 11.8 Å². The van der Waals surface area contributed by atoms with E-state index in [-0.39, 0.29) is 6.03 Å². The fourth-order valence-electron chi connectivity index (χ4n) is 1.67. The van der Waals surface area contributed by atoms with Crippen molar-refractivity contribution in [3.63, 3.8) is 0 Å². The summed E-state index contributed by atoms with van der Waals surface area (Å²) < 4.78 is 0. The minimum atomic E-state index is -1.22. The summed E-state index contributed by atoms with van der Waals surface area (Å²) in [5, 5.41) is 11.7. The van der Waals surface area contributed by atoms with Crippen LogP contribution in [-0.4, -0.2) is 41.1 Å². The first-order chi connectivity index (χ1) is 9.39. The van der Waals surface area contributed by atoms with Gasteiger partial charge in [-0.25, -0.2) is 9.59 Å². The van der Waals surface area contributed by atoms with Gasteiger partial charge in [0.2, 0.25) is 0 Å². The Bertz CT molecular complexity index is 461. The number of carbonyl (C=O) groups is 2. The van der Waals surface area contributed by atoms with E-state index in [9.17, 15) is 9.59 Å². The van der Waals surface area contributed by atoms with Crippen molar-refractivity contribution in [3.05, 3.63) is 35.9 Å². The quantitative estimate of drug-likeness (QED) is 0.837. The van der Waals surface area contributed by atoms with Crippen LogP contribution in [-0.2, 0) is 11.2 Å². The molecule has 0 spiro atoms. The largest absolute Gasteiger partial charge is 0.480 e. The van der Waals surface area contributed by atoms with Gasteiger partial charge in [-0.1, -0.05) is 37.3 Å². The third kappa shape index (κ3) is 4.26. The lowest BCUT2D eigenvalue weighted by atomic mass is 10.00. The van der Waals surface area contributed by atoms with Gasteiger partial charge in [0.1, 0.15) is 5.54 Å². The molecule has 0 aliphatic heterocycles. The second-order valence-electron chi connectivity index (χ2n) is 5.08. The molecule has 2 amide bonds. The topological polar surface area (TPSA) is 69.6 Å². The first-order valence-corrected chi connectivity index (χ1v) is 6.69. The van der Waals surface area contributed by atoms with Crippen LogP contribution >= 0.6 is 0 Å². The normalized spacial score (nSPS) is 13.3. The molecule has 0 aliphatic carbocycles. The molecule has 1 atom stereocenters. The Morgan fingerprint density at radius 3 is 2.40 bits per heavy atom. The van der Waals surface area contributed by atoms with Gasteiger partial charge in [0.05, 0.1) is 0 Å². The summed E-state index contributed by atoms with van der Waals surface area (Å²) in [6.07, 6.45) is 1.07. The Morgan fingerprint density at radius 1 is 1.30 bits per heavy atom. The summed E-state index contributed by atoms with van der Waals surface area (Å²) in [4.78, 5) is 24.7. The summed E-state index contributed by atoms with van der Waals surface area (Å²) in [6.45, 7) is 3.78. The maximum absolute atomic E-state index is 12.0. The molecule has 0 heterocycles. The van der Waals surface area contributed by atoms with E-state index in [0.29, 0.717) is 13.0 Å². The van der Waals surface area contributed by atoms with Crippen LogP contribution in [0.1, 0.15) is 25.8 Å². The highest BCUT2D eigenvalue weighted by Crippen LogP contribution is 2.10. The first kappa shape index (κ1) is 16.0. The van der Waals surface area contributed by atoms with E-state index in [1.807, 2.05) is 30.3 Å². The van der Waals surface area contributed by atoms with Crippen LogP contribution in [0.2, 0.25) is 0 Å². The molecule has 5 heteroatoms. The number of nitrogens with one attached hydrogen (secondary N) is 1. The molecule has 20 heavy (non-hydrogen) atoms. The second-order valence-corrected chi connectivity index (χ2v) is 5.08. The van der Waals surface area contributed by atoms with Crippen LogP contribution in [0.15, 0.2) is 30.3 Å². The van der Waals surface area contributed by atoms with E-state index in [1.54, 1.807) is 14.0 Å². The van der Waals surface area contributed by atoms with Crippen LogP contribution in [0.5, 0.6) is 0 Å². The zero-order chi connectivity index (χ0) is 15.2. The zero-order valence-electron chi connectivity index (χ0n) is 12.2. The SMILES string of the molecule is CCC(C)(NC(=O)N(C)CCc1ccccc1)C(=O)O.